The number of hydrogen-bond donors (Lipinski definition) is 4. The van der Waals surface area contributed by atoms with E-state index in [0.717, 1.165) is 32.0 Å². The van der Waals surface area contributed by atoms with Crippen molar-refractivity contribution < 1.29 is 13.2 Å². The quantitative estimate of drug-likeness (QED) is 0.614. The summed E-state index contributed by atoms with van der Waals surface area (Å²) in [6.45, 7) is 3.44. The average molecular weight is 397 g/mol. The molecule has 2 fully saturated rings. The fourth-order valence-electron chi connectivity index (χ4n) is 4.40. The number of aliphatic imine (C=N–C) groups is 1. The van der Waals surface area contributed by atoms with Crippen LogP contribution in [0.2, 0.25) is 0 Å². The highest BCUT2D eigenvalue weighted by atomic mass is 19.4. The molecule has 6 N–H and O–H groups in total. The third kappa shape index (κ3) is 3.63. The van der Waals surface area contributed by atoms with Crippen LogP contribution in [0.4, 0.5) is 18.9 Å². The van der Waals surface area contributed by atoms with Crippen LogP contribution in [0.3, 0.4) is 0 Å². The predicted molar refractivity (Wildman–Crippen MR) is 101 cm³/mol. The number of nitrogens with two attached hydrogens (primary N) is 2. The van der Waals surface area contributed by atoms with Crippen LogP contribution in [-0.2, 0) is 12.0 Å². The molecule has 28 heavy (non-hydrogen) atoms. The van der Waals surface area contributed by atoms with Gasteiger partial charge in [-0.25, -0.2) is 4.99 Å². The fourth-order valence-corrected chi connectivity index (χ4v) is 4.40. The molecule has 7 nitrogen and oxygen atoms in total. The molecule has 0 radical (unpaired) electrons. The van der Waals surface area contributed by atoms with Crippen LogP contribution in [0.5, 0.6) is 0 Å². The monoisotopic (exact) mass is 397 g/mol. The van der Waals surface area contributed by atoms with Crippen molar-refractivity contribution in [3.63, 3.8) is 0 Å². The highest BCUT2D eigenvalue weighted by Gasteiger charge is 2.39. The van der Waals surface area contributed by atoms with E-state index in [1.165, 1.54) is 18.9 Å². The zero-order valence-corrected chi connectivity index (χ0v) is 15.6. The van der Waals surface area contributed by atoms with E-state index in [0.29, 0.717) is 19.1 Å². The molecule has 1 atom stereocenters. The fraction of sp³-hybridized carbons (Fsp3) is 0.611. The second kappa shape index (κ2) is 7.09. The molecule has 3 aliphatic heterocycles. The van der Waals surface area contributed by atoms with Crippen molar-refractivity contribution in [2.24, 2.45) is 16.5 Å². The summed E-state index contributed by atoms with van der Waals surface area (Å²) in [7, 11) is 0. The Morgan fingerprint density at radius 2 is 1.79 bits per heavy atom. The number of benzene rings is 1. The molecular formula is C18H26F3N7. The standard InChI is InChI=1S/C18H26F3N7/c19-17(20,21)14-11-12(18(23)24-16(22)25-26-18)3-4-15(14)28-9-5-13(6-10-28)27-7-1-2-8-27/h3-4,11,13,26H,1-2,5-10,23H2,(H3,22,24,25). The smallest absolute Gasteiger partial charge is 0.371 e. The summed E-state index contributed by atoms with van der Waals surface area (Å²) in [5.74, 6) is -1.49. The molecule has 1 unspecified atom stereocenters. The van der Waals surface area contributed by atoms with Gasteiger partial charge in [0, 0.05) is 30.4 Å². The van der Waals surface area contributed by atoms with Crippen molar-refractivity contribution in [2.45, 2.75) is 43.7 Å². The van der Waals surface area contributed by atoms with Crippen LogP contribution >= 0.6 is 0 Å². The summed E-state index contributed by atoms with van der Waals surface area (Å²) >= 11 is 0. The molecule has 1 aromatic rings. The minimum absolute atomic E-state index is 0.0316. The highest BCUT2D eigenvalue weighted by Crippen LogP contribution is 2.40. The molecule has 1 aromatic carbocycles. The highest BCUT2D eigenvalue weighted by molar-refractivity contribution is 5.79. The van der Waals surface area contributed by atoms with Crippen molar-refractivity contribution in [1.29, 1.82) is 0 Å². The summed E-state index contributed by atoms with van der Waals surface area (Å²) in [5, 5.41) is 0. The lowest BCUT2D eigenvalue weighted by Gasteiger charge is -2.39. The van der Waals surface area contributed by atoms with Crippen LogP contribution in [-0.4, -0.2) is 43.1 Å². The maximum atomic E-state index is 13.8. The Morgan fingerprint density at radius 3 is 2.36 bits per heavy atom. The van der Waals surface area contributed by atoms with Gasteiger partial charge >= 0.3 is 6.18 Å². The maximum absolute atomic E-state index is 13.8. The Labute approximate surface area is 161 Å². The Morgan fingerprint density at radius 1 is 1.11 bits per heavy atom. The minimum Gasteiger partial charge on any atom is -0.371 e. The zero-order valence-electron chi connectivity index (χ0n) is 15.6. The summed E-state index contributed by atoms with van der Waals surface area (Å²) in [6.07, 6.45) is -0.291. The van der Waals surface area contributed by atoms with Crippen LogP contribution in [0, 0.1) is 0 Å². The Bertz CT molecular complexity index is 752. The van der Waals surface area contributed by atoms with Gasteiger partial charge in [0.15, 0.2) is 0 Å². The molecule has 0 saturated carbocycles. The van der Waals surface area contributed by atoms with E-state index in [-0.39, 0.29) is 17.2 Å². The van der Waals surface area contributed by atoms with E-state index in [1.807, 2.05) is 4.90 Å². The molecule has 3 aliphatic rings. The van der Waals surface area contributed by atoms with Gasteiger partial charge in [-0.15, -0.1) is 0 Å². The van der Waals surface area contributed by atoms with E-state index >= 15 is 0 Å². The molecule has 0 spiro atoms. The number of halogens is 3. The van der Waals surface area contributed by atoms with Crippen LogP contribution in [0.1, 0.15) is 36.8 Å². The van der Waals surface area contributed by atoms with Crippen LogP contribution in [0.15, 0.2) is 23.2 Å². The first-order valence-corrected chi connectivity index (χ1v) is 9.64. The maximum Gasteiger partial charge on any atom is 0.418 e. The Hall–Kier alpha value is -2.04. The lowest BCUT2D eigenvalue weighted by molar-refractivity contribution is -0.137. The van der Waals surface area contributed by atoms with Crippen LogP contribution < -0.4 is 27.2 Å². The van der Waals surface area contributed by atoms with Crippen molar-refractivity contribution in [2.75, 3.05) is 31.1 Å². The van der Waals surface area contributed by atoms with E-state index in [9.17, 15) is 13.2 Å². The first kappa shape index (κ1) is 19.3. The molecule has 10 heteroatoms. The number of piperidine rings is 1. The van der Waals surface area contributed by atoms with Gasteiger partial charge in [0.05, 0.1) is 5.56 Å². The van der Waals surface area contributed by atoms with Crippen molar-refractivity contribution in [3.05, 3.63) is 29.3 Å². The largest absolute Gasteiger partial charge is 0.418 e. The van der Waals surface area contributed by atoms with E-state index in [2.05, 4.69) is 20.7 Å². The van der Waals surface area contributed by atoms with Gasteiger partial charge in [-0.3, -0.25) is 11.2 Å². The van der Waals surface area contributed by atoms with E-state index in [4.69, 9.17) is 11.5 Å². The number of anilines is 1. The summed E-state index contributed by atoms with van der Waals surface area (Å²) in [5.41, 5.74) is 16.5. The first-order valence-electron chi connectivity index (χ1n) is 9.64. The lowest BCUT2D eigenvalue weighted by atomic mass is 9.99. The summed E-state index contributed by atoms with van der Waals surface area (Å²) in [4.78, 5) is 8.28. The molecule has 0 aromatic heterocycles. The van der Waals surface area contributed by atoms with Gasteiger partial charge in [-0.2, -0.15) is 18.6 Å². The third-order valence-corrected chi connectivity index (χ3v) is 5.88. The molecule has 4 rings (SSSR count). The minimum atomic E-state index is -4.49. The van der Waals surface area contributed by atoms with Gasteiger partial charge in [-0.1, -0.05) is 6.07 Å². The van der Waals surface area contributed by atoms with Gasteiger partial charge in [0.25, 0.3) is 0 Å². The first-order chi connectivity index (χ1) is 13.3. The third-order valence-electron chi connectivity index (χ3n) is 5.88. The van der Waals surface area contributed by atoms with E-state index < -0.39 is 17.5 Å². The number of guanidine groups is 1. The molecule has 0 amide bonds. The Balaban J connectivity index is 1.57. The van der Waals surface area contributed by atoms with Crippen molar-refractivity contribution in [1.82, 2.24) is 15.8 Å². The number of rotatable bonds is 3. The van der Waals surface area contributed by atoms with Crippen molar-refractivity contribution in [3.8, 4) is 0 Å². The summed E-state index contributed by atoms with van der Waals surface area (Å²) < 4.78 is 41.5. The number of hydrazine groups is 1. The number of hydrogen-bond acceptors (Lipinski definition) is 7. The normalized spacial score (nSPS) is 27.1. The second-order valence-electron chi connectivity index (χ2n) is 7.70. The van der Waals surface area contributed by atoms with Gasteiger partial charge in [-0.05, 0) is 50.9 Å². The topological polar surface area (TPSA) is 94.9 Å². The van der Waals surface area contributed by atoms with Gasteiger partial charge < -0.3 is 15.5 Å². The lowest BCUT2D eigenvalue weighted by Crippen LogP contribution is -2.50. The predicted octanol–water partition coefficient (Wildman–Crippen LogP) is 1.26. The average Bonchev–Trinajstić information content (AvgIpc) is 3.31. The van der Waals surface area contributed by atoms with Crippen molar-refractivity contribution >= 4 is 11.6 Å². The zero-order chi connectivity index (χ0) is 19.9. The molecule has 0 bridgehead atoms. The number of nitrogens with one attached hydrogen (secondary N) is 2. The SMILES string of the molecule is NC1=NC(N)(c2ccc(N3CCC(N4CCCC4)CC3)c(C(F)(F)F)c2)NN1. The van der Waals surface area contributed by atoms with Gasteiger partial charge in [0.2, 0.25) is 11.7 Å². The van der Waals surface area contributed by atoms with E-state index in [1.54, 1.807) is 6.07 Å². The van der Waals surface area contributed by atoms with Crippen LogP contribution in [0.25, 0.3) is 0 Å². The molecule has 154 valence electrons. The Kier molecular flexibility index (Phi) is 4.88. The number of alkyl halides is 3. The second-order valence-corrected chi connectivity index (χ2v) is 7.70. The molecule has 3 heterocycles. The number of nitrogens with zero attached hydrogens (tertiary/aromatic N) is 3. The molecular weight excluding hydrogens is 371 g/mol. The molecule has 2 saturated heterocycles. The molecule has 0 aliphatic carbocycles. The van der Waals surface area contributed by atoms with Gasteiger partial charge in [0.1, 0.15) is 0 Å². The summed E-state index contributed by atoms with van der Waals surface area (Å²) in [6, 6.07) is 4.62. The number of likely N-dealkylation sites (tertiary alicyclic amines) is 1.